The Kier molecular flexibility index (Phi) is 6.32. The standard InChI is InChI=1S/C17H22N2O6/c1-12(16(20)18-9-5-3-4-6-10-18)25-17(21)14-11-13(19(22)23)7-8-15(14)24-2/h7-8,11-12H,3-6,9-10H2,1-2H3/t12-/m0/s1. The minimum absolute atomic E-state index is 0.0767. The predicted octanol–water partition coefficient (Wildman–Crippen LogP) is 2.55. The number of amides is 1. The average Bonchev–Trinajstić information content (AvgIpc) is 2.89. The number of nitrogens with zero attached hydrogens (tertiary/aromatic N) is 2. The second-order valence-electron chi connectivity index (χ2n) is 5.93. The van der Waals surface area contributed by atoms with Gasteiger partial charge in [0.1, 0.15) is 11.3 Å². The van der Waals surface area contributed by atoms with Crippen molar-refractivity contribution in [2.75, 3.05) is 20.2 Å². The Morgan fingerprint density at radius 2 is 1.84 bits per heavy atom. The van der Waals surface area contributed by atoms with Gasteiger partial charge in [-0.05, 0) is 25.8 Å². The first kappa shape index (κ1) is 18.7. The molecule has 0 spiro atoms. The molecule has 1 aliphatic rings. The lowest BCUT2D eigenvalue weighted by Crippen LogP contribution is -2.40. The van der Waals surface area contributed by atoms with Crippen LogP contribution in [0.25, 0.3) is 0 Å². The number of hydrogen-bond acceptors (Lipinski definition) is 6. The first-order valence-electron chi connectivity index (χ1n) is 8.26. The van der Waals surface area contributed by atoms with E-state index in [1.165, 1.54) is 26.2 Å². The van der Waals surface area contributed by atoms with E-state index in [2.05, 4.69) is 0 Å². The summed E-state index contributed by atoms with van der Waals surface area (Å²) in [6.45, 7) is 2.82. The molecule has 1 heterocycles. The summed E-state index contributed by atoms with van der Waals surface area (Å²) in [6.07, 6.45) is 3.08. The monoisotopic (exact) mass is 350 g/mol. The van der Waals surface area contributed by atoms with Gasteiger partial charge in [0.25, 0.3) is 11.6 Å². The lowest BCUT2D eigenvalue weighted by atomic mass is 10.1. The van der Waals surface area contributed by atoms with Crippen LogP contribution in [0.15, 0.2) is 18.2 Å². The van der Waals surface area contributed by atoms with Crippen LogP contribution in [-0.4, -0.2) is 48.0 Å². The van der Waals surface area contributed by atoms with Gasteiger partial charge >= 0.3 is 5.97 Å². The van der Waals surface area contributed by atoms with Crippen molar-refractivity contribution in [3.05, 3.63) is 33.9 Å². The van der Waals surface area contributed by atoms with Crippen LogP contribution < -0.4 is 4.74 Å². The molecule has 0 N–H and O–H groups in total. The summed E-state index contributed by atoms with van der Waals surface area (Å²) in [5.74, 6) is -0.916. The number of likely N-dealkylation sites (tertiary alicyclic amines) is 1. The van der Waals surface area contributed by atoms with Gasteiger partial charge < -0.3 is 14.4 Å². The summed E-state index contributed by atoms with van der Waals surface area (Å²) in [5.41, 5.74) is -0.327. The molecule has 1 saturated heterocycles. The van der Waals surface area contributed by atoms with Crippen molar-refractivity contribution < 1.29 is 24.0 Å². The van der Waals surface area contributed by atoms with E-state index in [1.54, 1.807) is 4.90 Å². The molecule has 136 valence electrons. The van der Waals surface area contributed by atoms with Crippen molar-refractivity contribution in [3.63, 3.8) is 0 Å². The summed E-state index contributed by atoms with van der Waals surface area (Å²) in [6, 6.07) is 3.65. The third kappa shape index (κ3) is 4.68. The van der Waals surface area contributed by atoms with Gasteiger partial charge in [0.05, 0.1) is 12.0 Å². The van der Waals surface area contributed by atoms with E-state index in [9.17, 15) is 19.7 Å². The third-order valence-corrected chi connectivity index (χ3v) is 4.16. The topological polar surface area (TPSA) is 99.0 Å². The Balaban J connectivity index is 2.11. The molecular formula is C17H22N2O6. The van der Waals surface area contributed by atoms with E-state index in [0.29, 0.717) is 13.1 Å². The highest BCUT2D eigenvalue weighted by Gasteiger charge is 2.27. The fraction of sp³-hybridized carbons (Fsp3) is 0.529. The Morgan fingerprint density at radius 1 is 1.20 bits per heavy atom. The van der Waals surface area contributed by atoms with Crippen LogP contribution in [0.2, 0.25) is 0 Å². The van der Waals surface area contributed by atoms with E-state index in [-0.39, 0.29) is 22.9 Å². The third-order valence-electron chi connectivity index (χ3n) is 4.16. The van der Waals surface area contributed by atoms with Crippen LogP contribution in [0.4, 0.5) is 5.69 Å². The summed E-state index contributed by atoms with van der Waals surface area (Å²) < 4.78 is 10.3. The number of nitro benzene ring substituents is 1. The first-order valence-corrected chi connectivity index (χ1v) is 8.26. The van der Waals surface area contributed by atoms with Crippen LogP contribution in [0.3, 0.4) is 0 Å². The minimum atomic E-state index is -0.963. The molecule has 1 atom stereocenters. The van der Waals surface area contributed by atoms with Gasteiger partial charge in [-0.25, -0.2) is 4.79 Å². The molecule has 1 amide bonds. The summed E-state index contributed by atoms with van der Waals surface area (Å²) in [7, 11) is 1.35. The molecule has 2 rings (SSSR count). The molecule has 0 radical (unpaired) electrons. The van der Waals surface area contributed by atoms with Crippen molar-refractivity contribution in [2.45, 2.75) is 38.7 Å². The molecule has 0 saturated carbocycles. The van der Waals surface area contributed by atoms with Crippen molar-refractivity contribution in [3.8, 4) is 5.75 Å². The van der Waals surface area contributed by atoms with Gasteiger partial charge in [-0.2, -0.15) is 0 Å². The van der Waals surface area contributed by atoms with Crippen LogP contribution in [0.1, 0.15) is 43.0 Å². The maximum atomic E-state index is 12.5. The molecule has 1 aromatic carbocycles. The maximum Gasteiger partial charge on any atom is 0.342 e. The molecule has 1 aliphatic heterocycles. The van der Waals surface area contributed by atoms with Gasteiger partial charge in [-0.3, -0.25) is 14.9 Å². The van der Waals surface area contributed by atoms with E-state index in [1.807, 2.05) is 0 Å². The summed E-state index contributed by atoms with van der Waals surface area (Å²) in [4.78, 5) is 36.8. The zero-order valence-corrected chi connectivity index (χ0v) is 14.4. The zero-order valence-electron chi connectivity index (χ0n) is 14.4. The Morgan fingerprint density at radius 3 is 2.40 bits per heavy atom. The molecule has 8 nitrogen and oxygen atoms in total. The molecule has 1 aromatic rings. The van der Waals surface area contributed by atoms with Crippen LogP contribution in [0, 0.1) is 10.1 Å². The lowest BCUT2D eigenvalue weighted by molar-refractivity contribution is -0.384. The molecule has 8 heteroatoms. The van der Waals surface area contributed by atoms with Crippen molar-refractivity contribution in [2.24, 2.45) is 0 Å². The average molecular weight is 350 g/mol. The number of carbonyl (C=O) groups is 2. The van der Waals surface area contributed by atoms with Gasteiger partial charge in [-0.1, -0.05) is 12.8 Å². The minimum Gasteiger partial charge on any atom is -0.496 e. The quantitative estimate of drug-likeness (QED) is 0.460. The van der Waals surface area contributed by atoms with E-state index >= 15 is 0 Å². The number of carbonyl (C=O) groups excluding carboxylic acids is 2. The van der Waals surface area contributed by atoms with Crippen molar-refractivity contribution in [1.29, 1.82) is 0 Å². The highest BCUT2D eigenvalue weighted by molar-refractivity contribution is 5.95. The number of hydrogen-bond donors (Lipinski definition) is 0. The number of benzene rings is 1. The van der Waals surface area contributed by atoms with E-state index in [4.69, 9.17) is 9.47 Å². The van der Waals surface area contributed by atoms with Gasteiger partial charge in [0.15, 0.2) is 6.10 Å². The van der Waals surface area contributed by atoms with E-state index in [0.717, 1.165) is 31.7 Å². The second kappa shape index (κ2) is 8.46. The maximum absolute atomic E-state index is 12.5. The number of methoxy groups -OCH3 is 1. The zero-order chi connectivity index (χ0) is 18.4. The molecule has 0 aliphatic carbocycles. The lowest BCUT2D eigenvalue weighted by Gasteiger charge is -2.24. The van der Waals surface area contributed by atoms with Crippen LogP contribution >= 0.6 is 0 Å². The Labute approximate surface area is 145 Å². The molecule has 0 aromatic heterocycles. The Hall–Kier alpha value is -2.64. The highest BCUT2D eigenvalue weighted by Crippen LogP contribution is 2.25. The van der Waals surface area contributed by atoms with Gasteiger partial charge in [0.2, 0.25) is 0 Å². The molecule has 25 heavy (non-hydrogen) atoms. The number of ether oxygens (including phenoxy) is 2. The summed E-state index contributed by atoms with van der Waals surface area (Å²) >= 11 is 0. The van der Waals surface area contributed by atoms with Crippen molar-refractivity contribution in [1.82, 2.24) is 4.90 Å². The van der Waals surface area contributed by atoms with E-state index < -0.39 is 17.0 Å². The normalized spacial score (nSPS) is 15.8. The van der Waals surface area contributed by atoms with Crippen LogP contribution in [0.5, 0.6) is 5.75 Å². The SMILES string of the molecule is COc1ccc([N+](=O)[O-])cc1C(=O)O[C@@H](C)C(=O)N1CCCCCC1. The number of non-ortho nitro benzene ring substituents is 1. The van der Waals surface area contributed by atoms with Crippen LogP contribution in [-0.2, 0) is 9.53 Å². The fourth-order valence-electron chi connectivity index (χ4n) is 2.79. The second-order valence-corrected chi connectivity index (χ2v) is 5.93. The predicted molar refractivity (Wildman–Crippen MR) is 89.6 cm³/mol. The molecule has 0 unspecified atom stereocenters. The summed E-state index contributed by atoms with van der Waals surface area (Å²) in [5, 5.41) is 10.9. The fourth-order valence-corrected chi connectivity index (χ4v) is 2.79. The van der Waals surface area contributed by atoms with Crippen molar-refractivity contribution >= 4 is 17.6 Å². The number of rotatable bonds is 5. The molecular weight excluding hydrogens is 328 g/mol. The molecule has 1 fully saturated rings. The highest BCUT2D eigenvalue weighted by atomic mass is 16.6. The Bertz CT molecular complexity index is 653. The first-order chi connectivity index (χ1) is 11.9. The smallest absolute Gasteiger partial charge is 0.342 e. The molecule has 0 bridgehead atoms. The van der Waals surface area contributed by atoms with Gasteiger partial charge in [-0.15, -0.1) is 0 Å². The largest absolute Gasteiger partial charge is 0.496 e. The number of esters is 1. The number of nitro groups is 1. The van der Waals surface area contributed by atoms with Gasteiger partial charge in [0, 0.05) is 25.2 Å².